The van der Waals surface area contributed by atoms with Crippen LogP contribution in [0.5, 0.6) is 5.75 Å². The molecule has 2 rings (SSSR count). The Morgan fingerprint density at radius 1 is 1.33 bits per heavy atom. The summed E-state index contributed by atoms with van der Waals surface area (Å²) in [5.41, 5.74) is 7.82. The minimum absolute atomic E-state index is 0.0885. The van der Waals surface area contributed by atoms with E-state index in [1.807, 2.05) is 0 Å². The summed E-state index contributed by atoms with van der Waals surface area (Å²) in [6, 6.07) is 10.0. The number of carbonyl (C=O) groups excluding carboxylic acids is 1. The van der Waals surface area contributed by atoms with Crippen molar-refractivity contribution in [3.8, 4) is 5.75 Å². The molecule has 0 aliphatic heterocycles. The monoisotopic (exact) mass is 364 g/mol. The number of benzene rings is 2. The zero-order chi connectivity index (χ0) is 15.6. The van der Waals surface area contributed by atoms with Crippen LogP contribution in [0.15, 0.2) is 40.9 Å². The number of rotatable bonds is 3. The molecule has 0 fully saturated rings. The summed E-state index contributed by atoms with van der Waals surface area (Å²) in [6.45, 7) is 1.69. The summed E-state index contributed by atoms with van der Waals surface area (Å²) in [5.74, 6) is -0.210. The largest absolute Gasteiger partial charge is 0.508 e. The van der Waals surface area contributed by atoms with Gasteiger partial charge in [-0.05, 0) is 53.2 Å². The highest BCUT2D eigenvalue weighted by Crippen LogP contribution is 2.26. The first kappa shape index (κ1) is 15.5. The normalized spacial score (nSPS) is 10.2. The third-order valence-electron chi connectivity index (χ3n) is 3.05. The third-order valence-corrected chi connectivity index (χ3v) is 3.94. The van der Waals surface area contributed by atoms with E-state index in [4.69, 9.17) is 18.0 Å². The van der Waals surface area contributed by atoms with Gasteiger partial charge in [0.25, 0.3) is 5.91 Å². The van der Waals surface area contributed by atoms with Crippen LogP contribution in [0.2, 0.25) is 0 Å². The summed E-state index contributed by atoms with van der Waals surface area (Å²) in [4.78, 5) is 12.6. The molecule has 6 heteroatoms. The molecule has 4 nitrogen and oxygen atoms in total. The standard InChI is InChI=1S/C15H13BrN2O2S/c1-8-10(3-2-4-13(8)19)15(20)18-12-6-5-9(14(17)21)7-11(12)16/h2-7,19H,1H3,(H2,17,21)(H,18,20). The predicted octanol–water partition coefficient (Wildman–Crippen LogP) is 3.35. The topological polar surface area (TPSA) is 75.3 Å². The van der Waals surface area contributed by atoms with Crippen LogP contribution in [0.1, 0.15) is 21.5 Å². The van der Waals surface area contributed by atoms with Gasteiger partial charge in [0.15, 0.2) is 0 Å². The Hall–Kier alpha value is -1.92. The van der Waals surface area contributed by atoms with Gasteiger partial charge < -0.3 is 16.2 Å². The quantitative estimate of drug-likeness (QED) is 0.730. The van der Waals surface area contributed by atoms with Gasteiger partial charge >= 0.3 is 0 Å². The number of halogens is 1. The molecule has 0 saturated carbocycles. The number of hydrogen-bond donors (Lipinski definition) is 3. The second-order valence-corrected chi connectivity index (χ2v) is 5.76. The Morgan fingerprint density at radius 3 is 2.67 bits per heavy atom. The minimum atomic E-state index is -0.299. The van der Waals surface area contributed by atoms with Crippen molar-refractivity contribution < 1.29 is 9.90 Å². The fourth-order valence-electron chi connectivity index (χ4n) is 1.83. The molecule has 4 N–H and O–H groups in total. The van der Waals surface area contributed by atoms with Crippen molar-refractivity contribution in [1.82, 2.24) is 0 Å². The third kappa shape index (κ3) is 3.40. The average molecular weight is 365 g/mol. The molecule has 0 aromatic heterocycles. The van der Waals surface area contributed by atoms with Crippen LogP contribution >= 0.6 is 28.1 Å². The molecule has 2 aromatic carbocycles. The number of phenolic OH excluding ortho intramolecular Hbond substituents is 1. The Labute approximate surface area is 136 Å². The van der Waals surface area contributed by atoms with Gasteiger partial charge in [-0.3, -0.25) is 4.79 Å². The van der Waals surface area contributed by atoms with Crippen LogP contribution in [0.3, 0.4) is 0 Å². The number of thiocarbonyl (C=S) groups is 1. The average Bonchev–Trinajstić information content (AvgIpc) is 2.43. The van der Waals surface area contributed by atoms with E-state index in [0.717, 1.165) is 0 Å². The summed E-state index contributed by atoms with van der Waals surface area (Å²) >= 11 is 8.27. The van der Waals surface area contributed by atoms with Crippen LogP contribution in [0.25, 0.3) is 0 Å². The van der Waals surface area contributed by atoms with E-state index in [-0.39, 0.29) is 16.6 Å². The van der Waals surface area contributed by atoms with Crippen molar-refractivity contribution in [2.24, 2.45) is 5.73 Å². The molecule has 0 aliphatic carbocycles. The van der Waals surface area contributed by atoms with Gasteiger partial charge in [0.05, 0.1) is 5.69 Å². The molecule has 0 atom stereocenters. The molecular weight excluding hydrogens is 352 g/mol. The molecule has 0 bridgehead atoms. The van der Waals surface area contributed by atoms with Crippen molar-refractivity contribution in [2.75, 3.05) is 5.32 Å². The zero-order valence-corrected chi connectivity index (χ0v) is 13.6. The molecule has 0 saturated heterocycles. The van der Waals surface area contributed by atoms with Crippen molar-refractivity contribution in [3.63, 3.8) is 0 Å². The molecule has 108 valence electrons. The number of hydrogen-bond acceptors (Lipinski definition) is 3. The molecular formula is C15H13BrN2O2S. The van der Waals surface area contributed by atoms with E-state index in [1.165, 1.54) is 0 Å². The van der Waals surface area contributed by atoms with Gasteiger partial charge in [-0.15, -0.1) is 0 Å². The van der Waals surface area contributed by atoms with E-state index >= 15 is 0 Å². The molecule has 0 heterocycles. The maximum atomic E-state index is 12.3. The number of nitrogens with two attached hydrogens (primary N) is 1. The Bertz CT molecular complexity index is 732. The first-order chi connectivity index (χ1) is 9.90. The number of amides is 1. The van der Waals surface area contributed by atoms with Crippen LogP contribution in [-0.4, -0.2) is 16.0 Å². The lowest BCUT2D eigenvalue weighted by Crippen LogP contribution is -2.14. The lowest BCUT2D eigenvalue weighted by molar-refractivity contribution is 0.102. The maximum Gasteiger partial charge on any atom is 0.256 e. The fourth-order valence-corrected chi connectivity index (χ4v) is 2.43. The molecule has 0 spiro atoms. The first-order valence-corrected chi connectivity index (χ1v) is 7.29. The highest BCUT2D eigenvalue weighted by atomic mass is 79.9. The van der Waals surface area contributed by atoms with E-state index in [9.17, 15) is 9.90 Å². The number of aromatic hydroxyl groups is 1. The molecule has 0 unspecified atom stereocenters. The number of phenols is 1. The fraction of sp³-hybridized carbons (Fsp3) is 0.0667. The lowest BCUT2D eigenvalue weighted by atomic mass is 10.1. The zero-order valence-electron chi connectivity index (χ0n) is 11.2. The summed E-state index contributed by atoms with van der Waals surface area (Å²) in [7, 11) is 0. The predicted molar refractivity (Wildman–Crippen MR) is 90.8 cm³/mol. The second-order valence-electron chi connectivity index (χ2n) is 4.46. The van der Waals surface area contributed by atoms with E-state index in [2.05, 4.69) is 21.2 Å². The highest BCUT2D eigenvalue weighted by Gasteiger charge is 2.13. The Kier molecular flexibility index (Phi) is 4.59. The van der Waals surface area contributed by atoms with Crippen LogP contribution < -0.4 is 11.1 Å². The van der Waals surface area contributed by atoms with Gasteiger partial charge in [0, 0.05) is 21.2 Å². The van der Waals surface area contributed by atoms with Crippen molar-refractivity contribution >= 4 is 44.7 Å². The van der Waals surface area contributed by atoms with Crippen molar-refractivity contribution in [3.05, 3.63) is 57.6 Å². The van der Waals surface area contributed by atoms with Gasteiger partial charge in [-0.1, -0.05) is 18.3 Å². The highest BCUT2D eigenvalue weighted by molar-refractivity contribution is 9.10. The van der Waals surface area contributed by atoms with E-state index < -0.39 is 0 Å². The van der Waals surface area contributed by atoms with Crippen LogP contribution in [0.4, 0.5) is 5.69 Å². The van der Waals surface area contributed by atoms with Gasteiger partial charge in [0.2, 0.25) is 0 Å². The van der Waals surface area contributed by atoms with Crippen molar-refractivity contribution in [2.45, 2.75) is 6.92 Å². The maximum absolute atomic E-state index is 12.3. The van der Waals surface area contributed by atoms with Crippen LogP contribution in [0, 0.1) is 6.92 Å². The summed E-state index contributed by atoms with van der Waals surface area (Å²) in [6.07, 6.45) is 0. The Morgan fingerprint density at radius 2 is 2.05 bits per heavy atom. The second kappa shape index (κ2) is 6.24. The van der Waals surface area contributed by atoms with Gasteiger partial charge in [-0.25, -0.2) is 0 Å². The van der Waals surface area contributed by atoms with Crippen molar-refractivity contribution in [1.29, 1.82) is 0 Å². The molecule has 0 radical (unpaired) electrons. The Balaban J connectivity index is 2.28. The lowest BCUT2D eigenvalue weighted by Gasteiger charge is -2.11. The summed E-state index contributed by atoms with van der Waals surface area (Å²) < 4.78 is 0.680. The first-order valence-electron chi connectivity index (χ1n) is 6.09. The summed E-state index contributed by atoms with van der Waals surface area (Å²) in [5, 5.41) is 12.4. The number of carbonyl (C=O) groups is 1. The van der Waals surface area contributed by atoms with E-state index in [0.29, 0.717) is 26.9 Å². The molecule has 21 heavy (non-hydrogen) atoms. The molecule has 1 amide bonds. The van der Waals surface area contributed by atoms with E-state index in [1.54, 1.807) is 43.3 Å². The number of nitrogens with one attached hydrogen (secondary N) is 1. The van der Waals surface area contributed by atoms with Crippen LogP contribution in [-0.2, 0) is 0 Å². The molecule has 0 aliphatic rings. The smallest absolute Gasteiger partial charge is 0.256 e. The van der Waals surface area contributed by atoms with Gasteiger partial charge in [0.1, 0.15) is 10.7 Å². The SMILES string of the molecule is Cc1c(O)cccc1C(=O)Nc1ccc(C(N)=S)cc1Br. The molecule has 2 aromatic rings. The minimum Gasteiger partial charge on any atom is -0.508 e. The number of anilines is 1. The van der Waals surface area contributed by atoms with Gasteiger partial charge in [-0.2, -0.15) is 0 Å².